The van der Waals surface area contributed by atoms with E-state index in [2.05, 4.69) is 17.1 Å². The number of carbonyl (C=O) groups excluding carboxylic acids is 2. The molecule has 2 aliphatic carbocycles. The third-order valence-corrected chi connectivity index (χ3v) is 10.2. The second-order valence-corrected chi connectivity index (χ2v) is 12.3. The van der Waals surface area contributed by atoms with Crippen molar-refractivity contribution in [3.8, 4) is 0 Å². The lowest BCUT2D eigenvalue weighted by Gasteiger charge is -2.34. The third kappa shape index (κ3) is 4.47. The van der Waals surface area contributed by atoms with Gasteiger partial charge in [-0.05, 0) is 41.5 Å². The Balaban J connectivity index is 1.02. The Morgan fingerprint density at radius 3 is 1.89 bits per heavy atom. The number of fused-ring (bicyclic) bond motifs is 5. The summed E-state index contributed by atoms with van der Waals surface area (Å²) in [7, 11) is -3.58. The van der Waals surface area contributed by atoms with Gasteiger partial charge in [-0.25, -0.2) is 8.42 Å². The fourth-order valence-corrected chi connectivity index (χ4v) is 7.70. The van der Waals surface area contributed by atoms with Crippen molar-refractivity contribution in [3.63, 3.8) is 0 Å². The van der Waals surface area contributed by atoms with Gasteiger partial charge >= 0.3 is 0 Å². The summed E-state index contributed by atoms with van der Waals surface area (Å²) in [5, 5.41) is 0. The summed E-state index contributed by atoms with van der Waals surface area (Å²) in [5.41, 5.74) is 2.02. The number of carbonyl (C=O) groups is 2. The topological polar surface area (TPSA) is 78.0 Å². The van der Waals surface area contributed by atoms with Crippen molar-refractivity contribution in [1.29, 1.82) is 0 Å². The number of sulfonamides is 1. The van der Waals surface area contributed by atoms with Crippen molar-refractivity contribution in [2.75, 3.05) is 39.3 Å². The maximum absolute atomic E-state index is 13.2. The summed E-state index contributed by atoms with van der Waals surface area (Å²) in [6.45, 7) is 2.89. The molecule has 4 aliphatic rings. The minimum atomic E-state index is -3.58. The number of imide groups is 1. The molecule has 192 valence electrons. The van der Waals surface area contributed by atoms with Crippen LogP contribution in [-0.2, 0) is 19.6 Å². The van der Waals surface area contributed by atoms with Crippen LogP contribution in [-0.4, -0.2) is 73.6 Å². The molecule has 0 N–H and O–H groups in total. The van der Waals surface area contributed by atoms with Crippen molar-refractivity contribution in [1.82, 2.24) is 14.1 Å². The van der Waals surface area contributed by atoms with E-state index in [1.807, 2.05) is 54.6 Å². The number of hydrogen-bond donors (Lipinski definition) is 0. The average Bonchev–Trinajstić information content (AvgIpc) is 3.61. The fraction of sp³-hybridized carbons (Fsp3) is 0.379. The van der Waals surface area contributed by atoms with Crippen LogP contribution in [0.2, 0.25) is 0 Å². The fourth-order valence-electron chi connectivity index (χ4n) is 6.28. The lowest BCUT2D eigenvalue weighted by atomic mass is 9.85. The predicted molar refractivity (Wildman–Crippen MR) is 141 cm³/mol. The summed E-state index contributed by atoms with van der Waals surface area (Å²) in [6.07, 6.45) is 9.11. The maximum Gasteiger partial charge on any atom is 0.243 e. The number of piperazine rings is 1. The molecule has 4 atom stereocenters. The highest BCUT2D eigenvalue weighted by Crippen LogP contribution is 2.52. The van der Waals surface area contributed by atoms with E-state index < -0.39 is 10.0 Å². The number of nitrogens with zero attached hydrogens (tertiary/aromatic N) is 3. The van der Waals surface area contributed by atoms with Crippen LogP contribution in [0.3, 0.4) is 0 Å². The van der Waals surface area contributed by atoms with Gasteiger partial charge in [0.05, 0.1) is 16.7 Å². The Labute approximate surface area is 218 Å². The smallest absolute Gasteiger partial charge is 0.243 e. The SMILES string of the molecule is O=C1C2C3C=CC(C3)C2C(=O)N1CCN1CCN(S(=O)(=O)c2ccc(C=Cc3ccccc3)cc2)CC1. The number of benzene rings is 2. The Morgan fingerprint density at radius 1 is 0.730 bits per heavy atom. The van der Waals surface area contributed by atoms with E-state index >= 15 is 0 Å². The molecular weight excluding hydrogens is 486 g/mol. The Bertz CT molecular complexity index is 1320. The van der Waals surface area contributed by atoms with Gasteiger partial charge in [-0.15, -0.1) is 0 Å². The summed E-state index contributed by atoms with van der Waals surface area (Å²) in [5.74, 6) is 0.0815. The van der Waals surface area contributed by atoms with Gasteiger partial charge in [-0.2, -0.15) is 4.31 Å². The third-order valence-electron chi connectivity index (χ3n) is 8.32. The van der Waals surface area contributed by atoms with Crippen molar-refractivity contribution in [3.05, 3.63) is 77.9 Å². The highest BCUT2D eigenvalue weighted by Gasteiger charge is 2.59. The Morgan fingerprint density at radius 2 is 1.30 bits per heavy atom. The van der Waals surface area contributed by atoms with Gasteiger partial charge in [-0.1, -0.05) is 66.8 Å². The van der Waals surface area contributed by atoms with E-state index in [9.17, 15) is 18.0 Å². The first-order valence-electron chi connectivity index (χ1n) is 13.0. The number of amides is 2. The van der Waals surface area contributed by atoms with E-state index in [0.717, 1.165) is 17.5 Å². The van der Waals surface area contributed by atoms with Gasteiger partial charge in [0.2, 0.25) is 21.8 Å². The zero-order chi connectivity index (χ0) is 25.6. The molecule has 4 unspecified atom stereocenters. The van der Waals surface area contributed by atoms with Gasteiger partial charge in [0.25, 0.3) is 0 Å². The van der Waals surface area contributed by atoms with Crippen molar-refractivity contribution in [2.24, 2.45) is 23.7 Å². The molecule has 37 heavy (non-hydrogen) atoms. The van der Waals surface area contributed by atoms with Crippen molar-refractivity contribution >= 4 is 34.0 Å². The van der Waals surface area contributed by atoms with Crippen LogP contribution >= 0.6 is 0 Å². The molecule has 2 saturated heterocycles. The van der Waals surface area contributed by atoms with Gasteiger partial charge in [-0.3, -0.25) is 19.4 Å². The molecule has 8 heteroatoms. The molecule has 1 saturated carbocycles. The van der Waals surface area contributed by atoms with E-state index in [1.165, 1.54) is 9.21 Å². The molecule has 6 rings (SSSR count). The lowest BCUT2D eigenvalue weighted by molar-refractivity contribution is -0.141. The molecule has 2 aromatic rings. The van der Waals surface area contributed by atoms with E-state index in [4.69, 9.17) is 0 Å². The molecule has 2 amide bonds. The van der Waals surface area contributed by atoms with Gasteiger partial charge in [0, 0.05) is 39.3 Å². The van der Waals surface area contributed by atoms with Crippen LogP contribution in [0.4, 0.5) is 0 Å². The first-order valence-corrected chi connectivity index (χ1v) is 14.4. The average molecular weight is 518 g/mol. The van der Waals surface area contributed by atoms with Crippen LogP contribution in [0.15, 0.2) is 71.6 Å². The van der Waals surface area contributed by atoms with Gasteiger partial charge < -0.3 is 0 Å². The summed E-state index contributed by atoms with van der Waals surface area (Å²) < 4.78 is 27.9. The summed E-state index contributed by atoms with van der Waals surface area (Å²) in [4.78, 5) is 29.7. The van der Waals surface area contributed by atoms with Gasteiger partial charge in [0.15, 0.2) is 0 Å². The van der Waals surface area contributed by atoms with E-state index in [1.54, 1.807) is 12.1 Å². The minimum Gasteiger partial charge on any atom is -0.299 e. The monoisotopic (exact) mass is 517 g/mol. The molecule has 2 aliphatic heterocycles. The van der Waals surface area contributed by atoms with Crippen LogP contribution in [0.5, 0.6) is 0 Å². The highest BCUT2D eigenvalue weighted by atomic mass is 32.2. The Hall–Kier alpha value is -3.07. The van der Waals surface area contributed by atoms with Crippen LogP contribution in [0, 0.1) is 23.7 Å². The molecule has 2 aromatic carbocycles. The number of likely N-dealkylation sites (tertiary alicyclic amines) is 1. The molecule has 0 aromatic heterocycles. The second kappa shape index (κ2) is 9.67. The highest BCUT2D eigenvalue weighted by molar-refractivity contribution is 7.89. The Kier molecular flexibility index (Phi) is 6.34. The zero-order valence-electron chi connectivity index (χ0n) is 20.6. The normalized spacial score (nSPS) is 28.1. The molecular formula is C29H31N3O4S. The summed E-state index contributed by atoms with van der Waals surface area (Å²) >= 11 is 0. The van der Waals surface area contributed by atoms with Crippen molar-refractivity contribution in [2.45, 2.75) is 11.3 Å². The molecule has 3 fully saturated rings. The van der Waals surface area contributed by atoms with Crippen LogP contribution in [0.1, 0.15) is 17.5 Å². The second-order valence-electron chi connectivity index (χ2n) is 10.4. The van der Waals surface area contributed by atoms with E-state index in [0.29, 0.717) is 44.2 Å². The number of rotatable bonds is 7. The number of hydrogen-bond acceptors (Lipinski definition) is 5. The van der Waals surface area contributed by atoms with Crippen LogP contribution < -0.4 is 0 Å². The van der Waals surface area contributed by atoms with Crippen molar-refractivity contribution < 1.29 is 18.0 Å². The lowest BCUT2D eigenvalue weighted by Crippen LogP contribution is -2.50. The largest absolute Gasteiger partial charge is 0.299 e. The molecule has 0 spiro atoms. The standard InChI is InChI=1S/C29H31N3O4S/c33-28-26-23-10-11-24(20-23)27(26)29(34)32(28)19-16-30-14-17-31(18-15-30)37(35,36)25-12-8-22(9-13-25)7-6-21-4-2-1-3-5-21/h1-13,23-24,26-27H,14-20H2. The molecule has 0 radical (unpaired) electrons. The predicted octanol–water partition coefficient (Wildman–Crippen LogP) is 2.97. The first-order chi connectivity index (χ1) is 17.9. The quantitative estimate of drug-likeness (QED) is 0.321. The first kappa shape index (κ1) is 24.3. The van der Waals surface area contributed by atoms with Gasteiger partial charge in [0.1, 0.15) is 0 Å². The number of allylic oxidation sites excluding steroid dienone is 2. The maximum atomic E-state index is 13.2. The minimum absolute atomic E-state index is 0.0184. The summed E-state index contributed by atoms with van der Waals surface area (Å²) in [6, 6.07) is 16.9. The van der Waals surface area contributed by atoms with E-state index in [-0.39, 0.29) is 35.5 Å². The molecule has 7 nitrogen and oxygen atoms in total. The molecule has 2 bridgehead atoms. The zero-order valence-corrected chi connectivity index (χ0v) is 21.5. The molecule has 2 heterocycles. The van der Waals surface area contributed by atoms with Crippen LogP contribution in [0.25, 0.3) is 12.2 Å².